The van der Waals surface area contributed by atoms with Crippen LogP contribution in [-0.2, 0) is 9.53 Å². The van der Waals surface area contributed by atoms with Crippen LogP contribution in [0.3, 0.4) is 0 Å². The first-order valence-corrected chi connectivity index (χ1v) is 9.65. The van der Waals surface area contributed by atoms with Crippen LogP contribution in [0.1, 0.15) is 38.5 Å². The normalized spacial score (nSPS) is 16.7. The van der Waals surface area contributed by atoms with E-state index >= 15 is 0 Å². The molecule has 1 aromatic heterocycles. The molecule has 0 radical (unpaired) electrons. The van der Waals surface area contributed by atoms with E-state index in [4.69, 9.17) is 33.0 Å². The molecule has 2 heterocycles. The Morgan fingerprint density at radius 3 is 2.63 bits per heavy atom. The van der Waals surface area contributed by atoms with E-state index in [0.717, 1.165) is 17.7 Å². The van der Waals surface area contributed by atoms with Crippen LogP contribution in [0.15, 0.2) is 52.1 Å². The van der Waals surface area contributed by atoms with Crippen LogP contribution in [0.5, 0.6) is 0 Å². The molecule has 1 aliphatic heterocycles. The molecule has 1 atom stereocenters. The van der Waals surface area contributed by atoms with Gasteiger partial charge in [0.25, 0.3) is 0 Å². The van der Waals surface area contributed by atoms with Gasteiger partial charge in [-0.15, -0.1) is 0 Å². The Bertz CT molecular complexity index is 874. The molecule has 0 amide bonds. The summed E-state index contributed by atoms with van der Waals surface area (Å²) in [5, 5.41) is 7.34. The predicted octanol–water partition coefficient (Wildman–Crippen LogP) is 4.74. The van der Waals surface area contributed by atoms with Gasteiger partial charge in [0.15, 0.2) is 5.11 Å². The van der Waals surface area contributed by atoms with Crippen molar-refractivity contribution in [2.24, 2.45) is 0 Å². The number of nitrogens with one attached hydrogen (secondary N) is 2. The van der Waals surface area contributed by atoms with Gasteiger partial charge >= 0.3 is 5.97 Å². The van der Waals surface area contributed by atoms with Crippen molar-refractivity contribution >= 4 is 34.9 Å². The molecular weight excluding hydrogens is 384 g/mol. The van der Waals surface area contributed by atoms with Crippen LogP contribution >= 0.6 is 23.8 Å². The quantitative estimate of drug-likeness (QED) is 0.535. The molecule has 7 heteroatoms. The largest absolute Gasteiger partial charge is 0.463 e. The second-order valence-electron chi connectivity index (χ2n) is 6.10. The summed E-state index contributed by atoms with van der Waals surface area (Å²) < 4.78 is 11.3. The minimum Gasteiger partial charge on any atom is -0.463 e. The van der Waals surface area contributed by atoms with Crippen molar-refractivity contribution < 1.29 is 13.9 Å². The lowest BCUT2D eigenvalue weighted by Gasteiger charge is -2.29. The molecule has 27 heavy (non-hydrogen) atoms. The number of rotatable bonds is 6. The molecule has 1 aliphatic rings. The third-order valence-corrected chi connectivity index (χ3v) is 4.66. The average Bonchev–Trinajstić information content (AvgIpc) is 3.12. The molecular formula is C20H21ClN2O3S. The molecule has 5 nitrogen and oxygen atoms in total. The number of allylic oxidation sites excluding steroid dienone is 1. The van der Waals surface area contributed by atoms with Gasteiger partial charge in [0.05, 0.1) is 12.2 Å². The van der Waals surface area contributed by atoms with Gasteiger partial charge in [0.2, 0.25) is 0 Å². The minimum atomic E-state index is -0.500. The first-order chi connectivity index (χ1) is 13.0. The topological polar surface area (TPSA) is 63.5 Å². The summed E-state index contributed by atoms with van der Waals surface area (Å²) in [6, 6.07) is 10.6. The van der Waals surface area contributed by atoms with Crippen molar-refractivity contribution in [1.82, 2.24) is 10.6 Å². The standard InChI is InChI=1S/C20H21ClN2O3S/c1-3-5-14-17(19(24)25-4-2)18(23-20(27)22-14)16-11-10-15(26-16)12-6-8-13(21)9-7-12/h6-11,18H,3-5H2,1-2H3,(H2,22,23,27)/t18-/m0/s1. The highest BCUT2D eigenvalue weighted by Crippen LogP contribution is 2.33. The highest BCUT2D eigenvalue weighted by molar-refractivity contribution is 7.80. The zero-order valence-electron chi connectivity index (χ0n) is 15.2. The second-order valence-corrected chi connectivity index (χ2v) is 6.95. The van der Waals surface area contributed by atoms with E-state index in [1.165, 1.54) is 0 Å². The van der Waals surface area contributed by atoms with Gasteiger partial charge in [-0.3, -0.25) is 0 Å². The van der Waals surface area contributed by atoms with E-state index in [1.807, 2.05) is 31.2 Å². The summed E-state index contributed by atoms with van der Waals surface area (Å²) in [5.74, 6) is 0.909. The van der Waals surface area contributed by atoms with Crippen molar-refractivity contribution in [2.75, 3.05) is 6.61 Å². The second kappa shape index (κ2) is 8.59. The lowest BCUT2D eigenvalue weighted by atomic mass is 9.98. The summed E-state index contributed by atoms with van der Waals surface area (Å²) >= 11 is 11.3. The Balaban J connectivity index is 1.99. The number of carbonyl (C=O) groups excluding carboxylic acids is 1. The Kier molecular flexibility index (Phi) is 6.19. The van der Waals surface area contributed by atoms with E-state index in [1.54, 1.807) is 19.1 Å². The first-order valence-electron chi connectivity index (χ1n) is 8.86. The minimum absolute atomic E-state index is 0.299. The third-order valence-electron chi connectivity index (χ3n) is 4.19. The van der Waals surface area contributed by atoms with Crippen molar-refractivity contribution in [3.63, 3.8) is 0 Å². The first kappa shape index (κ1) is 19.5. The van der Waals surface area contributed by atoms with Crippen molar-refractivity contribution in [1.29, 1.82) is 0 Å². The Hall–Kier alpha value is -2.31. The Labute approximate surface area is 168 Å². The van der Waals surface area contributed by atoms with Gasteiger partial charge in [-0.1, -0.05) is 24.9 Å². The molecule has 0 fully saturated rings. The van der Waals surface area contributed by atoms with E-state index < -0.39 is 6.04 Å². The molecule has 0 aliphatic carbocycles. The van der Waals surface area contributed by atoms with E-state index in [0.29, 0.717) is 40.3 Å². The van der Waals surface area contributed by atoms with E-state index in [2.05, 4.69) is 10.6 Å². The molecule has 1 aromatic carbocycles. The predicted molar refractivity (Wildman–Crippen MR) is 109 cm³/mol. The highest BCUT2D eigenvalue weighted by Gasteiger charge is 2.34. The molecule has 3 rings (SSSR count). The fourth-order valence-corrected chi connectivity index (χ4v) is 3.37. The summed E-state index contributed by atoms with van der Waals surface area (Å²) in [6.07, 6.45) is 1.56. The van der Waals surface area contributed by atoms with Gasteiger partial charge in [-0.25, -0.2) is 4.79 Å². The molecule has 0 saturated carbocycles. The Morgan fingerprint density at radius 2 is 1.96 bits per heavy atom. The summed E-state index contributed by atoms with van der Waals surface area (Å²) in [5.41, 5.74) is 2.18. The van der Waals surface area contributed by atoms with Crippen molar-refractivity contribution in [3.05, 3.63) is 58.5 Å². The maximum atomic E-state index is 12.6. The SMILES string of the molecule is CCCC1=C(C(=O)OCC)[C@H](c2ccc(-c3ccc(Cl)cc3)o2)NC(=S)N1. The number of halogens is 1. The molecule has 2 aromatic rings. The fourth-order valence-electron chi connectivity index (χ4n) is 3.01. The molecule has 0 unspecified atom stereocenters. The van der Waals surface area contributed by atoms with Gasteiger partial charge in [0.1, 0.15) is 17.6 Å². The lowest BCUT2D eigenvalue weighted by molar-refractivity contribution is -0.139. The monoisotopic (exact) mass is 404 g/mol. The maximum Gasteiger partial charge on any atom is 0.338 e. The lowest BCUT2D eigenvalue weighted by Crippen LogP contribution is -2.45. The van der Waals surface area contributed by atoms with Crippen LogP contribution in [0, 0.1) is 0 Å². The number of ether oxygens (including phenoxy) is 1. The zero-order valence-corrected chi connectivity index (χ0v) is 16.7. The van der Waals surface area contributed by atoms with Gasteiger partial charge < -0.3 is 19.8 Å². The van der Waals surface area contributed by atoms with Crippen LogP contribution in [0.2, 0.25) is 5.02 Å². The van der Waals surface area contributed by atoms with Gasteiger partial charge in [-0.05, 0) is 62.0 Å². The molecule has 0 bridgehead atoms. The van der Waals surface area contributed by atoms with E-state index in [-0.39, 0.29) is 5.97 Å². The number of carbonyl (C=O) groups is 1. The van der Waals surface area contributed by atoms with E-state index in [9.17, 15) is 4.79 Å². The number of esters is 1. The number of benzene rings is 1. The molecule has 0 saturated heterocycles. The average molecular weight is 405 g/mol. The zero-order chi connectivity index (χ0) is 19.4. The van der Waals surface area contributed by atoms with Crippen molar-refractivity contribution in [3.8, 4) is 11.3 Å². The molecule has 142 valence electrons. The number of thiocarbonyl (C=S) groups is 1. The number of furan rings is 1. The van der Waals surface area contributed by atoms with Crippen LogP contribution < -0.4 is 10.6 Å². The summed E-state index contributed by atoms with van der Waals surface area (Å²) in [6.45, 7) is 4.13. The maximum absolute atomic E-state index is 12.6. The van der Waals surface area contributed by atoms with Crippen molar-refractivity contribution in [2.45, 2.75) is 32.7 Å². The molecule has 2 N–H and O–H groups in total. The highest BCUT2D eigenvalue weighted by atomic mass is 35.5. The smallest absolute Gasteiger partial charge is 0.338 e. The van der Waals surface area contributed by atoms with Crippen LogP contribution in [0.4, 0.5) is 0 Å². The fraction of sp³-hybridized carbons (Fsp3) is 0.300. The van der Waals surface area contributed by atoms with Gasteiger partial charge in [0, 0.05) is 16.3 Å². The number of hydrogen-bond donors (Lipinski definition) is 2. The van der Waals surface area contributed by atoms with Crippen LogP contribution in [-0.4, -0.2) is 17.7 Å². The summed E-state index contributed by atoms with van der Waals surface area (Å²) in [7, 11) is 0. The summed E-state index contributed by atoms with van der Waals surface area (Å²) in [4.78, 5) is 12.6. The molecule has 0 spiro atoms. The van der Waals surface area contributed by atoms with Crippen LogP contribution in [0.25, 0.3) is 11.3 Å². The number of hydrogen-bond acceptors (Lipinski definition) is 4. The van der Waals surface area contributed by atoms with Gasteiger partial charge in [-0.2, -0.15) is 0 Å². The third kappa shape index (κ3) is 4.34. The Morgan fingerprint density at radius 1 is 1.22 bits per heavy atom.